The Morgan fingerprint density at radius 2 is 2.22 bits per heavy atom. The maximum Gasteiger partial charge on any atom is 0.268 e. The SMILES string of the molecule is COCCn1c(SCc2ccccc2C)nc2c(c1=O)SCC2. The average molecular weight is 348 g/mol. The molecule has 6 heteroatoms. The van der Waals surface area contributed by atoms with Gasteiger partial charge in [0.2, 0.25) is 0 Å². The van der Waals surface area contributed by atoms with E-state index in [0.717, 1.165) is 33.7 Å². The van der Waals surface area contributed by atoms with E-state index in [0.29, 0.717) is 13.2 Å². The number of aromatic nitrogens is 2. The highest BCUT2D eigenvalue weighted by Crippen LogP contribution is 2.30. The van der Waals surface area contributed by atoms with E-state index in [4.69, 9.17) is 9.72 Å². The smallest absolute Gasteiger partial charge is 0.268 e. The molecule has 122 valence electrons. The van der Waals surface area contributed by atoms with Gasteiger partial charge in [-0.2, -0.15) is 0 Å². The summed E-state index contributed by atoms with van der Waals surface area (Å²) in [5.74, 6) is 1.77. The molecule has 0 N–H and O–H groups in total. The Morgan fingerprint density at radius 1 is 1.39 bits per heavy atom. The van der Waals surface area contributed by atoms with E-state index in [-0.39, 0.29) is 5.56 Å². The van der Waals surface area contributed by atoms with Crippen molar-refractivity contribution in [2.75, 3.05) is 19.5 Å². The minimum Gasteiger partial charge on any atom is -0.383 e. The van der Waals surface area contributed by atoms with Gasteiger partial charge in [0.1, 0.15) is 0 Å². The Balaban J connectivity index is 1.89. The molecule has 0 saturated heterocycles. The van der Waals surface area contributed by atoms with E-state index in [9.17, 15) is 4.79 Å². The molecular formula is C17H20N2O2S2. The molecule has 1 aromatic carbocycles. The molecule has 2 heterocycles. The summed E-state index contributed by atoms with van der Waals surface area (Å²) in [5.41, 5.74) is 3.59. The molecular weight excluding hydrogens is 328 g/mol. The van der Waals surface area contributed by atoms with E-state index < -0.39 is 0 Å². The molecule has 0 amide bonds. The molecule has 0 unspecified atom stereocenters. The lowest BCUT2D eigenvalue weighted by Crippen LogP contribution is -2.27. The third-order valence-corrected chi connectivity index (χ3v) is 6.02. The van der Waals surface area contributed by atoms with Crippen molar-refractivity contribution in [2.45, 2.75) is 35.7 Å². The Kier molecular flexibility index (Phi) is 5.46. The number of nitrogens with zero attached hydrogens (tertiary/aromatic N) is 2. The second-order valence-electron chi connectivity index (χ2n) is 5.43. The fraction of sp³-hybridized carbons (Fsp3) is 0.412. The Hall–Kier alpha value is -1.24. The monoisotopic (exact) mass is 348 g/mol. The molecule has 1 aromatic heterocycles. The number of aryl methyl sites for hydroxylation is 2. The molecule has 0 saturated carbocycles. The first-order valence-corrected chi connectivity index (χ1v) is 9.60. The number of rotatable bonds is 6. The Bertz CT molecular complexity index is 759. The third-order valence-electron chi connectivity index (χ3n) is 3.89. The van der Waals surface area contributed by atoms with Crippen LogP contribution in [0, 0.1) is 6.92 Å². The maximum absolute atomic E-state index is 12.7. The summed E-state index contributed by atoms with van der Waals surface area (Å²) in [6.07, 6.45) is 0.887. The number of ether oxygens (including phenoxy) is 1. The largest absolute Gasteiger partial charge is 0.383 e. The fourth-order valence-electron chi connectivity index (χ4n) is 2.53. The zero-order chi connectivity index (χ0) is 16.2. The summed E-state index contributed by atoms with van der Waals surface area (Å²) in [6.45, 7) is 3.18. The van der Waals surface area contributed by atoms with E-state index in [1.807, 2.05) is 12.1 Å². The van der Waals surface area contributed by atoms with Crippen LogP contribution in [0.4, 0.5) is 0 Å². The van der Waals surface area contributed by atoms with Crippen molar-refractivity contribution in [1.29, 1.82) is 0 Å². The van der Waals surface area contributed by atoms with Gasteiger partial charge in [0.15, 0.2) is 5.16 Å². The van der Waals surface area contributed by atoms with Gasteiger partial charge in [0.05, 0.1) is 23.7 Å². The summed E-state index contributed by atoms with van der Waals surface area (Å²) in [7, 11) is 1.65. The zero-order valence-corrected chi connectivity index (χ0v) is 15.0. The van der Waals surface area contributed by atoms with Gasteiger partial charge in [-0.1, -0.05) is 36.0 Å². The van der Waals surface area contributed by atoms with Crippen molar-refractivity contribution >= 4 is 23.5 Å². The highest BCUT2D eigenvalue weighted by molar-refractivity contribution is 7.99. The molecule has 4 nitrogen and oxygen atoms in total. The van der Waals surface area contributed by atoms with Crippen molar-refractivity contribution in [3.05, 3.63) is 51.4 Å². The van der Waals surface area contributed by atoms with Crippen LogP contribution in [0.15, 0.2) is 39.1 Å². The van der Waals surface area contributed by atoms with Crippen LogP contribution < -0.4 is 5.56 Å². The average Bonchev–Trinajstić information content (AvgIpc) is 3.02. The number of hydrogen-bond donors (Lipinski definition) is 0. The van der Waals surface area contributed by atoms with Crippen LogP contribution >= 0.6 is 23.5 Å². The summed E-state index contributed by atoms with van der Waals surface area (Å²) in [6, 6.07) is 8.33. The molecule has 0 spiro atoms. The molecule has 1 aliphatic rings. The number of benzene rings is 1. The zero-order valence-electron chi connectivity index (χ0n) is 13.4. The first kappa shape index (κ1) is 16.6. The summed E-state index contributed by atoms with van der Waals surface area (Å²) >= 11 is 3.25. The van der Waals surface area contributed by atoms with Gasteiger partial charge < -0.3 is 4.74 Å². The van der Waals surface area contributed by atoms with Gasteiger partial charge in [-0.05, 0) is 18.1 Å². The second kappa shape index (κ2) is 7.55. The first-order valence-electron chi connectivity index (χ1n) is 7.63. The van der Waals surface area contributed by atoms with Crippen LogP contribution in [0.5, 0.6) is 0 Å². The van der Waals surface area contributed by atoms with Gasteiger partial charge in [-0.3, -0.25) is 9.36 Å². The number of hydrogen-bond acceptors (Lipinski definition) is 5. The molecule has 0 bridgehead atoms. The van der Waals surface area contributed by atoms with E-state index in [1.165, 1.54) is 11.1 Å². The lowest BCUT2D eigenvalue weighted by atomic mass is 10.1. The van der Waals surface area contributed by atoms with Crippen LogP contribution in [-0.4, -0.2) is 29.0 Å². The molecule has 0 atom stereocenters. The molecule has 3 rings (SSSR count). The fourth-order valence-corrected chi connectivity index (χ4v) is 4.69. The van der Waals surface area contributed by atoms with Crippen molar-refractivity contribution < 1.29 is 4.74 Å². The van der Waals surface area contributed by atoms with E-state index in [2.05, 4.69) is 19.1 Å². The number of fused-ring (bicyclic) bond motifs is 1. The normalized spacial score (nSPS) is 13.3. The van der Waals surface area contributed by atoms with Crippen LogP contribution in [0.25, 0.3) is 0 Å². The maximum atomic E-state index is 12.7. The topological polar surface area (TPSA) is 44.1 Å². The van der Waals surface area contributed by atoms with Crippen LogP contribution in [0.3, 0.4) is 0 Å². The van der Waals surface area contributed by atoms with Gasteiger partial charge in [0.25, 0.3) is 5.56 Å². The van der Waals surface area contributed by atoms with E-state index in [1.54, 1.807) is 35.2 Å². The third kappa shape index (κ3) is 3.65. The molecule has 0 fully saturated rings. The predicted octanol–water partition coefficient (Wildman–Crippen LogP) is 3.14. The standard InChI is InChI=1S/C17H20N2O2S2/c1-12-5-3-4-6-13(12)11-23-17-18-14-7-10-22-15(14)16(20)19(17)8-9-21-2/h3-6H,7-11H2,1-2H3. The predicted molar refractivity (Wildman–Crippen MR) is 95.5 cm³/mol. The summed E-state index contributed by atoms with van der Waals surface area (Å²) in [4.78, 5) is 18.3. The Labute approximate surface area is 144 Å². The molecule has 2 aromatic rings. The van der Waals surface area contributed by atoms with Crippen molar-refractivity contribution in [3.63, 3.8) is 0 Å². The van der Waals surface area contributed by atoms with Gasteiger partial charge in [-0.25, -0.2) is 4.98 Å². The van der Waals surface area contributed by atoms with E-state index >= 15 is 0 Å². The number of thioether (sulfide) groups is 2. The summed E-state index contributed by atoms with van der Waals surface area (Å²) < 4.78 is 6.92. The second-order valence-corrected chi connectivity index (χ2v) is 7.48. The lowest BCUT2D eigenvalue weighted by molar-refractivity contribution is 0.182. The Morgan fingerprint density at radius 3 is 3.00 bits per heavy atom. The summed E-state index contributed by atoms with van der Waals surface area (Å²) in [5, 5.41) is 0.802. The van der Waals surface area contributed by atoms with Gasteiger partial charge in [-0.15, -0.1) is 11.8 Å². The van der Waals surface area contributed by atoms with Crippen LogP contribution in [0.2, 0.25) is 0 Å². The van der Waals surface area contributed by atoms with Gasteiger partial charge in [0, 0.05) is 25.0 Å². The minimum absolute atomic E-state index is 0.0850. The first-order chi connectivity index (χ1) is 11.2. The highest BCUT2D eigenvalue weighted by Gasteiger charge is 2.21. The number of methoxy groups -OCH3 is 1. The van der Waals surface area contributed by atoms with Gasteiger partial charge >= 0.3 is 0 Å². The quantitative estimate of drug-likeness (QED) is 0.593. The highest BCUT2D eigenvalue weighted by atomic mass is 32.2. The molecule has 0 aliphatic carbocycles. The van der Waals surface area contributed by atoms with Crippen molar-refractivity contribution in [2.24, 2.45) is 0 Å². The molecule has 23 heavy (non-hydrogen) atoms. The molecule has 0 radical (unpaired) electrons. The van der Waals surface area contributed by atoms with Crippen LogP contribution in [0.1, 0.15) is 16.8 Å². The molecule has 1 aliphatic heterocycles. The van der Waals surface area contributed by atoms with Crippen molar-refractivity contribution in [1.82, 2.24) is 9.55 Å². The minimum atomic E-state index is 0.0850. The van der Waals surface area contributed by atoms with Crippen LogP contribution in [-0.2, 0) is 23.5 Å². The van der Waals surface area contributed by atoms with Crippen molar-refractivity contribution in [3.8, 4) is 0 Å². The lowest BCUT2D eigenvalue weighted by Gasteiger charge is -2.13.